The molecular formula is C22H20ClFN8O3. The van der Waals surface area contributed by atoms with Crippen molar-refractivity contribution in [3.05, 3.63) is 75.8 Å². The Labute approximate surface area is 203 Å². The van der Waals surface area contributed by atoms with E-state index < -0.39 is 11.7 Å². The van der Waals surface area contributed by atoms with E-state index in [0.29, 0.717) is 28.5 Å². The molecule has 0 fully saturated rings. The highest BCUT2D eigenvalue weighted by atomic mass is 35.5. The van der Waals surface area contributed by atoms with Crippen LogP contribution in [0.15, 0.2) is 52.2 Å². The summed E-state index contributed by atoms with van der Waals surface area (Å²) < 4.78 is 25.4. The van der Waals surface area contributed by atoms with E-state index in [1.165, 1.54) is 23.0 Å². The Morgan fingerprint density at radius 2 is 2.09 bits per heavy atom. The lowest BCUT2D eigenvalue weighted by molar-refractivity contribution is 0.0949. The van der Waals surface area contributed by atoms with Crippen LogP contribution >= 0.6 is 11.6 Å². The fraction of sp³-hybridized carbons (Fsp3) is 0.182. The molecule has 0 atom stereocenters. The summed E-state index contributed by atoms with van der Waals surface area (Å²) in [6, 6.07) is 11.3. The van der Waals surface area contributed by atoms with Crippen LogP contribution in [0.4, 0.5) is 10.2 Å². The predicted molar refractivity (Wildman–Crippen MR) is 125 cm³/mol. The first-order valence-corrected chi connectivity index (χ1v) is 10.9. The largest absolute Gasteiger partial charge is 0.489 e. The smallest absolute Gasteiger partial charge is 0.293 e. The summed E-state index contributed by atoms with van der Waals surface area (Å²) >= 11 is 6.01. The molecule has 0 spiro atoms. The van der Waals surface area contributed by atoms with Gasteiger partial charge in [0.1, 0.15) is 18.2 Å². The Kier molecular flexibility index (Phi) is 7.31. The number of rotatable bonds is 9. The van der Waals surface area contributed by atoms with Crippen molar-refractivity contribution in [1.29, 1.82) is 0 Å². The van der Waals surface area contributed by atoms with Gasteiger partial charge in [0.2, 0.25) is 11.6 Å². The first-order valence-electron chi connectivity index (χ1n) is 10.5. The number of aromatic nitrogens is 5. The second-order valence-corrected chi connectivity index (χ2v) is 7.68. The Balaban J connectivity index is 1.38. The molecule has 2 aromatic carbocycles. The van der Waals surface area contributed by atoms with Gasteiger partial charge in [0.15, 0.2) is 5.69 Å². The fourth-order valence-corrected chi connectivity index (χ4v) is 3.36. The van der Waals surface area contributed by atoms with E-state index in [1.807, 2.05) is 6.92 Å². The monoisotopic (exact) mass is 498 g/mol. The highest BCUT2D eigenvalue weighted by Crippen LogP contribution is 2.22. The Bertz CT molecular complexity index is 1330. The normalized spacial score (nSPS) is 11.2. The highest BCUT2D eigenvalue weighted by molar-refractivity contribution is 6.31. The van der Waals surface area contributed by atoms with Crippen molar-refractivity contribution in [1.82, 2.24) is 30.7 Å². The Morgan fingerprint density at radius 3 is 2.77 bits per heavy atom. The molecule has 11 nitrogen and oxygen atoms in total. The minimum atomic E-state index is -0.548. The molecule has 0 aliphatic rings. The summed E-state index contributed by atoms with van der Waals surface area (Å²) in [6.45, 7) is 1.94. The van der Waals surface area contributed by atoms with Crippen molar-refractivity contribution >= 4 is 29.5 Å². The summed E-state index contributed by atoms with van der Waals surface area (Å²) in [7, 11) is 0. The number of ether oxygens (including phenoxy) is 1. The molecule has 0 bridgehead atoms. The van der Waals surface area contributed by atoms with Crippen molar-refractivity contribution in [3.63, 3.8) is 0 Å². The van der Waals surface area contributed by atoms with Crippen molar-refractivity contribution in [2.45, 2.75) is 26.4 Å². The second kappa shape index (κ2) is 10.7. The molecule has 0 radical (unpaired) electrons. The fourth-order valence-electron chi connectivity index (χ4n) is 3.14. The van der Waals surface area contributed by atoms with Gasteiger partial charge in [-0.2, -0.15) is 9.78 Å². The lowest BCUT2D eigenvalue weighted by atomic mass is 10.2. The third kappa shape index (κ3) is 5.44. The number of carbonyl (C=O) groups is 1. The zero-order valence-corrected chi connectivity index (χ0v) is 19.2. The molecule has 180 valence electrons. The number of hydrogen-bond acceptors (Lipinski definition) is 9. The zero-order valence-electron chi connectivity index (χ0n) is 18.5. The van der Waals surface area contributed by atoms with E-state index in [9.17, 15) is 9.18 Å². The number of amides is 1. The van der Waals surface area contributed by atoms with Gasteiger partial charge in [-0.15, -0.1) is 5.10 Å². The van der Waals surface area contributed by atoms with Crippen molar-refractivity contribution < 1.29 is 18.6 Å². The molecule has 0 aliphatic heterocycles. The van der Waals surface area contributed by atoms with Crippen LogP contribution in [0.1, 0.15) is 40.7 Å². The maximum Gasteiger partial charge on any atom is 0.293 e. The molecule has 35 heavy (non-hydrogen) atoms. The van der Waals surface area contributed by atoms with Gasteiger partial charge in [0.25, 0.3) is 5.91 Å². The average molecular weight is 499 g/mol. The van der Waals surface area contributed by atoms with Crippen LogP contribution < -0.4 is 15.9 Å². The van der Waals surface area contributed by atoms with E-state index in [0.717, 1.165) is 6.42 Å². The second-order valence-electron chi connectivity index (χ2n) is 7.28. The predicted octanol–water partition coefficient (Wildman–Crippen LogP) is 3.32. The van der Waals surface area contributed by atoms with Crippen molar-refractivity contribution in [2.75, 3.05) is 5.73 Å². The summed E-state index contributed by atoms with van der Waals surface area (Å²) in [4.78, 5) is 12.6. The molecule has 13 heteroatoms. The average Bonchev–Trinajstić information content (AvgIpc) is 3.45. The topological polar surface area (TPSA) is 146 Å². The Hall–Kier alpha value is -4.32. The Morgan fingerprint density at radius 1 is 1.29 bits per heavy atom. The van der Waals surface area contributed by atoms with E-state index in [1.54, 1.807) is 30.3 Å². The molecule has 4 rings (SSSR count). The van der Waals surface area contributed by atoms with Crippen LogP contribution in [-0.4, -0.2) is 37.4 Å². The zero-order chi connectivity index (χ0) is 24.8. The first-order chi connectivity index (χ1) is 17.0. The molecule has 0 saturated carbocycles. The summed E-state index contributed by atoms with van der Waals surface area (Å²) in [6.07, 6.45) is 2.67. The minimum Gasteiger partial charge on any atom is -0.489 e. The van der Waals surface area contributed by atoms with E-state index in [-0.39, 0.29) is 29.5 Å². The molecule has 0 saturated heterocycles. The number of anilines is 1. The number of hydrogen-bond donors (Lipinski definition) is 2. The van der Waals surface area contributed by atoms with Crippen molar-refractivity contribution in [2.24, 2.45) is 5.10 Å². The van der Waals surface area contributed by atoms with Gasteiger partial charge in [-0.1, -0.05) is 36.2 Å². The maximum atomic E-state index is 13.9. The maximum absolute atomic E-state index is 13.9. The summed E-state index contributed by atoms with van der Waals surface area (Å²) in [5.41, 5.74) is 9.72. The van der Waals surface area contributed by atoms with Crippen LogP contribution in [0.3, 0.4) is 0 Å². The van der Waals surface area contributed by atoms with Gasteiger partial charge in [-0.05, 0) is 58.7 Å². The summed E-state index contributed by atoms with van der Waals surface area (Å²) in [5.74, 6) is -0.273. The molecule has 1 amide bonds. The van der Waals surface area contributed by atoms with E-state index in [4.69, 9.17) is 22.1 Å². The van der Waals surface area contributed by atoms with Crippen LogP contribution in [0.2, 0.25) is 5.02 Å². The van der Waals surface area contributed by atoms with Gasteiger partial charge >= 0.3 is 0 Å². The number of hydrazone groups is 1. The molecule has 2 aromatic heterocycles. The van der Waals surface area contributed by atoms with Gasteiger partial charge in [0, 0.05) is 5.56 Å². The van der Waals surface area contributed by atoms with E-state index in [2.05, 4.69) is 35.8 Å². The number of carbonyl (C=O) groups excluding carboxylic acids is 1. The lowest BCUT2D eigenvalue weighted by Crippen LogP contribution is -2.20. The molecule has 4 aromatic rings. The quantitative estimate of drug-likeness (QED) is 0.264. The summed E-state index contributed by atoms with van der Waals surface area (Å²) in [5, 5.41) is 19.4. The molecule has 2 heterocycles. The molecular weight excluding hydrogens is 479 g/mol. The third-order valence-electron chi connectivity index (χ3n) is 4.87. The molecule has 0 aliphatic carbocycles. The van der Waals surface area contributed by atoms with Gasteiger partial charge in [-0.3, -0.25) is 4.79 Å². The lowest BCUT2D eigenvalue weighted by Gasteiger charge is -2.09. The number of nitrogens with zero attached hydrogens (tertiary/aromatic N) is 6. The molecule has 0 unspecified atom stereocenters. The van der Waals surface area contributed by atoms with Crippen LogP contribution in [-0.2, 0) is 13.0 Å². The number of halogens is 2. The van der Waals surface area contributed by atoms with Gasteiger partial charge < -0.3 is 10.5 Å². The minimum absolute atomic E-state index is 0.00811. The standard InChI is InChI=1S/C22H20ClFN8O3/c1-2-4-18-19(27-31-32(18)21-20(25)29-35-30-21)22(33)28-26-11-13-7-9-14(10-8-13)34-12-15-16(23)5-3-6-17(15)24/h3,5-11H,2,4,12H2,1H3,(H2,25,29)(H,28,33). The molecule has 3 N–H and O–H groups in total. The first kappa shape index (κ1) is 23.8. The number of nitrogens with one attached hydrogen (secondary N) is 1. The van der Waals surface area contributed by atoms with Crippen LogP contribution in [0, 0.1) is 5.82 Å². The van der Waals surface area contributed by atoms with Crippen LogP contribution in [0.5, 0.6) is 5.75 Å². The van der Waals surface area contributed by atoms with Crippen molar-refractivity contribution in [3.8, 4) is 11.6 Å². The van der Waals surface area contributed by atoms with Gasteiger partial charge in [-0.25, -0.2) is 14.4 Å². The number of nitrogen functional groups attached to an aromatic ring is 1. The SMILES string of the molecule is CCCc1c(C(=O)NN=Cc2ccc(OCc3c(F)cccc3Cl)cc2)nnn1-c1nonc1N. The third-order valence-corrected chi connectivity index (χ3v) is 5.22. The van der Waals surface area contributed by atoms with Gasteiger partial charge in [0.05, 0.1) is 16.9 Å². The van der Waals surface area contributed by atoms with E-state index >= 15 is 0 Å². The highest BCUT2D eigenvalue weighted by Gasteiger charge is 2.23. The number of benzene rings is 2. The number of nitrogens with two attached hydrogens (primary N) is 1. The van der Waals surface area contributed by atoms with Crippen LogP contribution in [0.25, 0.3) is 5.82 Å².